The molecule has 5 heteroatoms. The van der Waals surface area contributed by atoms with Gasteiger partial charge in [0, 0.05) is 11.9 Å². The number of imidazole rings is 1. The van der Waals surface area contributed by atoms with E-state index in [4.69, 9.17) is 4.74 Å². The highest BCUT2D eigenvalue weighted by Gasteiger charge is 2.10. The van der Waals surface area contributed by atoms with Crippen molar-refractivity contribution >= 4 is 6.09 Å². The van der Waals surface area contributed by atoms with Crippen molar-refractivity contribution in [1.29, 1.82) is 0 Å². The number of aryl methyl sites for hydroxylation is 1. The van der Waals surface area contributed by atoms with Crippen LogP contribution in [0.25, 0.3) is 0 Å². The highest BCUT2D eigenvalue weighted by molar-refractivity contribution is 5.72. The third-order valence-corrected chi connectivity index (χ3v) is 1.99. The summed E-state index contributed by atoms with van der Waals surface area (Å²) in [5, 5.41) is 0. The first-order valence-electron chi connectivity index (χ1n) is 4.72. The molecular weight excluding hydrogens is 208 g/mol. The highest BCUT2D eigenvalue weighted by atomic mass is 16.6. The van der Waals surface area contributed by atoms with Crippen molar-refractivity contribution in [3.63, 3.8) is 0 Å². The summed E-state index contributed by atoms with van der Waals surface area (Å²) in [6, 6.07) is 8.58. The van der Waals surface area contributed by atoms with Crippen LogP contribution in [0.4, 0.5) is 4.79 Å². The number of aromatic amines is 1. The maximum Gasteiger partial charge on any atom is 0.427 e. The first-order valence-corrected chi connectivity index (χ1v) is 4.72. The number of para-hydroxylation sites is 1. The minimum atomic E-state index is -0.722. The van der Waals surface area contributed by atoms with E-state index in [-0.39, 0.29) is 0 Å². The van der Waals surface area contributed by atoms with E-state index in [0.717, 1.165) is 4.57 Å². The molecule has 2 aromatic rings. The monoisotopic (exact) mass is 218 g/mol. The van der Waals surface area contributed by atoms with Gasteiger partial charge in [-0.2, -0.15) is 0 Å². The summed E-state index contributed by atoms with van der Waals surface area (Å²) < 4.78 is 5.89. The molecule has 0 aliphatic heterocycles. The highest BCUT2D eigenvalue weighted by Crippen LogP contribution is 2.08. The second kappa shape index (κ2) is 4.06. The Kier molecular flexibility index (Phi) is 2.59. The van der Waals surface area contributed by atoms with E-state index in [1.54, 1.807) is 31.2 Å². The van der Waals surface area contributed by atoms with E-state index in [0.29, 0.717) is 11.4 Å². The minimum absolute atomic E-state index is 0.401. The number of ether oxygens (including phenoxy) is 1. The Hall–Kier alpha value is -2.30. The number of carbonyl (C=O) groups excluding carboxylic acids is 1. The second-order valence-corrected chi connectivity index (χ2v) is 3.29. The summed E-state index contributed by atoms with van der Waals surface area (Å²) in [6.07, 6.45) is 0.675. The van der Waals surface area contributed by atoms with Gasteiger partial charge >= 0.3 is 11.8 Å². The number of aromatic nitrogens is 2. The van der Waals surface area contributed by atoms with Gasteiger partial charge in [0.2, 0.25) is 0 Å². The molecule has 0 unspecified atom stereocenters. The third kappa shape index (κ3) is 2.03. The Morgan fingerprint density at radius 2 is 2.00 bits per heavy atom. The Morgan fingerprint density at radius 1 is 1.31 bits per heavy atom. The van der Waals surface area contributed by atoms with Crippen LogP contribution in [-0.4, -0.2) is 15.6 Å². The van der Waals surface area contributed by atoms with E-state index in [2.05, 4.69) is 4.98 Å². The summed E-state index contributed by atoms with van der Waals surface area (Å²) in [4.78, 5) is 25.3. The number of benzene rings is 1. The SMILES string of the molecule is Cc1cn(C(=O)Oc2ccccc2)c(=O)[nH]1. The molecule has 82 valence electrons. The Balaban J connectivity index is 2.21. The average Bonchev–Trinajstić information content (AvgIpc) is 2.59. The van der Waals surface area contributed by atoms with Gasteiger partial charge in [0.1, 0.15) is 5.75 Å². The van der Waals surface area contributed by atoms with Crippen molar-refractivity contribution in [2.45, 2.75) is 6.92 Å². The largest absolute Gasteiger partial charge is 0.427 e. The molecule has 0 saturated carbocycles. The molecule has 5 nitrogen and oxygen atoms in total. The second-order valence-electron chi connectivity index (χ2n) is 3.29. The molecule has 16 heavy (non-hydrogen) atoms. The summed E-state index contributed by atoms with van der Waals surface area (Å²) in [5.41, 5.74) is 0.105. The molecule has 1 aromatic heterocycles. The molecule has 1 aromatic carbocycles. The summed E-state index contributed by atoms with van der Waals surface area (Å²) in [7, 11) is 0. The zero-order chi connectivity index (χ0) is 11.5. The maximum atomic E-state index is 11.6. The van der Waals surface area contributed by atoms with Gasteiger partial charge in [-0.1, -0.05) is 18.2 Å². The predicted molar refractivity (Wildman–Crippen MR) is 57.7 cm³/mol. The van der Waals surface area contributed by atoms with Crippen molar-refractivity contribution in [2.24, 2.45) is 0 Å². The van der Waals surface area contributed by atoms with Gasteiger partial charge in [-0.25, -0.2) is 14.2 Å². The smallest absolute Gasteiger partial charge is 0.410 e. The lowest BCUT2D eigenvalue weighted by Crippen LogP contribution is -2.26. The first-order chi connectivity index (χ1) is 7.66. The van der Waals surface area contributed by atoms with Gasteiger partial charge in [0.05, 0.1) is 0 Å². The van der Waals surface area contributed by atoms with Crippen molar-refractivity contribution in [1.82, 2.24) is 9.55 Å². The van der Waals surface area contributed by atoms with Crippen LogP contribution in [0.3, 0.4) is 0 Å². The summed E-state index contributed by atoms with van der Waals surface area (Å²) in [5.74, 6) is 0.401. The molecule has 0 aliphatic carbocycles. The molecule has 1 heterocycles. The molecule has 0 radical (unpaired) electrons. The predicted octanol–water partition coefficient (Wildman–Crippen LogP) is 1.53. The van der Waals surface area contributed by atoms with E-state index in [1.807, 2.05) is 6.07 Å². The fourth-order valence-electron chi connectivity index (χ4n) is 1.29. The molecule has 0 atom stereocenters. The van der Waals surface area contributed by atoms with Crippen LogP contribution in [0.15, 0.2) is 41.3 Å². The number of hydrogen-bond acceptors (Lipinski definition) is 3. The number of H-pyrrole nitrogens is 1. The molecule has 0 spiro atoms. The standard InChI is InChI=1S/C11H10N2O3/c1-8-7-13(10(14)12-8)11(15)16-9-5-3-2-4-6-9/h2-7H,1H3,(H,12,14). The number of nitrogens with zero attached hydrogens (tertiary/aromatic N) is 1. The molecular formula is C11H10N2O3. The molecule has 2 rings (SSSR count). The third-order valence-electron chi connectivity index (χ3n) is 1.99. The maximum absolute atomic E-state index is 11.6. The normalized spacial score (nSPS) is 10.1. The Bertz CT molecular complexity index is 554. The fraction of sp³-hybridized carbons (Fsp3) is 0.0909. The summed E-state index contributed by atoms with van der Waals surface area (Å²) in [6.45, 7) is 1.69. The first kappa shape index (κ1) is 10.2. The van der Waals surface area contributed by atoms with Gasteiger partial charge in [-0.3, -0.25) is 0 Å². The molecule has 0 saturated heterocycles. The van der Waals surface area contributed by atoms with Gasteiger partial charge in [-0.05, 0) is 19.1 Å². The average molecular weight is 218 g/mol. The van der Waals surface area contributed by atoms with Gasteiger partial charge < -0.3 is 9.72 Å². The van der Waals surface area contributed by atoms with Crippen LogP contribution < -0.4 is 10.4 Å². The minimum Gasteiger partial charge on any atom is -0.410 e. The zero-order valence-electron chi connectivity index (χ0n) is 8.64. The van der Waals surface area contributed by atoms with E-state index < -0.39 is 11.8 Å². The topological polar surface area (TPSA) is 64.1 Å². The van der Waals surface area contributed by atoms with Crippen LogP contribution in [0, 0.1) is 6.92 Å². The van der Waals surface area contributed by atoms with E-state index >= 15 is 0 Å². The molecule has 0 amide bonds. The lowest BCUT2D eigenvalue weighted by atomic mass is 10.3. The van der Waals surface area contributed by atoms with Crippen LogP contribution in [-0.2, 0) is 0 Å². The van der Waals surface area contributed by atoms with E-state index in [9.17, 15) is 9.59 Å². The number of hydrogen-bond donors (Lipinski definition) is 1. The molecule has 1 N–H and O–H groups in total. The number of carbonyl (C=O) groups is 1. The molecule has 0 fully saturated rings. The van der Waals surface area contributed by atoms with Crippen molar-refractivity contribution in [2.75, 3.05) is 0 Å². The lowest BCUT2D eigenvalue weighted by molar-refractivity contribution is 0.201. The molecule has 0 aliphatic rings. The van der Waals surface area contributed by atoms with Gasteiger partial charge in [0.15, 0.2) is 0 Å². The van der Waals surface area contributed by atoms with Gasteiger partial charge in [-0.15, -0.1) is 0 Å². The number of nitrogens with one attached hydrogen (secondary N) is 1. The van der Waals surface area contributed by atoms with Crippen molar-refractivity contribution in [3.8, 4) is 5.75 Å². The van der Waals surface area contributed by atoms with Crippen LogP contribution in [0.1, 0.15) is 5.69 Å². The van der Waals surface area contributed by atoms with Crippen molar-refractivity contribution < 1.29 is 9.53 Å². The Morgan fingerprint density at radius 3 is 2.56 bits per heavy atom. The fourth-order valence-corrected chi connectivity index (χ4v) is 1.29. The lowest BCUT2D eigenvalue weighted by Gasteiger charge is -2.02. The van der Waals surface area contributed by atoms with Crippen LogP contribution in [0.5, 0.6) is 5.75 Å². The Labute approximate surface area is 91.3 Å². The van der Waals surface area contributed by atoms with Gasteiger partial charge in [0.25, 0.3) is 0 Å². The van der Waals surface area contributed by atoms with Crippen LogP contribution >= 0.6 is 0 Å². The summed E-state index contributed by atoms with van der Waals surface area (Å²) >= 11 is 0. The molecule has 0 bridgehead atoms. The van der Waals surface area contributed by atoms with Crippen LogP contribution in [0.2, 0.25) is 0 Å². The zero-order valence-corrected chi connectivity index (χ0v) is 8.64. The van der Waals surface area contributed by atoms with Crippen molar-refractivity contribution in [3.05, 3.63) is 52.7 Å². The van der Waals surface area contributed by atoms with E-state index in [1.165, 1.54) is 6.20 Å². The quantitative estimate of drug-likeness (QED) is 0.789. The number of rotatable bonds is 1.